The van der Waals surface area contributed by atoms with Crippen molar-refractivity contribution in [3.8, 4) is 0 Å². The van der Waals surface area contributed by atoms with Gasteiger partial charge in [-0.15, -0.1) is 0 Å². The van der Waals surface area contributed by atoms with E-state index >= 15 is 0 Å². The topological polar surface area (TPSA) is 46.9 Å². The van der Waals surface area contributed by atoms with E-state index in [0.29, 0.717) is 28.4 Å². The molecule has 1 aromatic heterocycles. The van der Waals surface area contributed by atoms with E-state index in [1.165, 1.54) is 0 Å². The number of nitrogens with zero attached hydrogens (tertiary/aromatic N) is 2. The third-order valence-electron chi connectivity index (χ3n) is 3.51. The van der Waals surface area contributed by atoms with Crippen LogP contribution >= 0.6 is 11.6 Å². The molecule has 2 heterocycles. The number of fused-ring (bicyclic) bond motifs is 3. The molecule has 20 heavy (non-hydrogen) atoms. The Balaban J connectivity index is 2.00. The van der Waals surface area contributed by atoms with Crippen LogP contribution < -0.4 is 10.9 Å². The van der Waals surface area contributed by atoms with Crippen LogP contribution in [0.4, 0.5) is 11.6 Å². The quantitative estimate of drug-likeness (QED) is 0.539. The van der Waals surface area contributed by atoms with Gasteiger partial charge in [-0.3, -0.25) is 9.36 Å². The Hall–Kier alpha value is -2.33. The predicted octanol–water partition coefficient (Wildman–Crippen LogP) is 3.16. The number of benzene rings is 2. The van der Waals surface area contributed by atoms with Gasteiger partial charge >= 0.3 is 0 Å². The molecule has 4 rings (SSSR count). The van der Waals surface area contributed by atoms with Crippen molar-refractivity contribution < 1.29 is 0 Å². The molecule has 1 aliphatic heterocycles. The van der Waals surface area contributed by atoms with E-state index in [-0.39, 0.29) is 5.56 Å². The van der Waals surface area contributed by atoms with Crippen LogP contribution in [0.25, 0.3) is 10.9 Å². The van der Waals surface area contributed by atoms with Crippen molar-refractivity contribution in [1.82, 2.24) is 9.55 Å². The van der Waals surface area contributed by atoms with Crippen LogP contribution in [0.1, 0.15) is 5.56 Å². The summed E-state index contributed by atoms with van der Waals surface area (Å²) in [6, 6.07) is 13.0. The van der Waals surface area contributed by atoms with E-state index in [0.717, 1.165) is 11.3 Å². The van der Waals surface area contributed by atoms with Gasteiger partial charge in [0.25, 0.3) is 5.56 Å². The highest BCUT2D eigenvalue weighted by Gasteiger charge is 2.18. The first-order valence-electron chi connectivity index (χ1n) is 6.27. The maximum Gasteiger partial charge on any atom is 0.263 e. The Morgan fingerprint density at radius 2 is 2.05 bits per heavy atom. The van der Waals surface area contributed by atoms with Crippen molar-refractivity contribution >= 4 is 34.1 Å². The second-order valence-corrected chi connectivity index (χ2v) is 5.21. The largest absolute Gasteiger partial charge is 0.325 e. The fraction of sp³-hybridized carbons (Fsp3) is 0.0667. The molecule has 0 fully saturated rings. The number of para-hydroxylation sites is 1. The lowest BCUT2D eigenvalue weighted by molar-refractivity contribution is 0.746. The van der Waals surface area contributed by atoms with Crippen LogP contribution in [0, 0.1) is 0 Å². The van der Waals surface area contributed by atoms with Gasteiger partial charge in [0.05, 0.1) is 17.4 Å². The van der Waals surface area contributed by atoms with E-state index in [1.807, 2.05) is 24.3 Å². The van der Waals surface area contributed by atoms with Crippen molar-refractivity contribution in [2.75, 3.05) is 5.32 Å². The lowest BCUT2D eigenvalue weighted by Crippen LogP contribution is -2.28. The minimum atomic E-state index is -0.0522. The van der Waals surface area contributed by atoms with Crippen molar-refractivity contribution in [1.29, 1.82) is 0 Å². The SMILES string of the molecule is O=c1c2ccc(Cl)cc2nc2n1Cc1ccccc1N2. The molecular weight excluding hydrogens is 274 g/mol. The Kier molecular flexibility index (Phi) is 2.35. The van der Waals surface area contributed by atoms with Gasteiger partial charge < -0.3 is 5.32 Å². The molecular formula is C15H10ClN3O. The molecule has 1 N–H and O–H groups in total. The lowest BCUT2D eigenvalue weighted by atomic mass is 10.1. The second kappa shape index (κ2) is 4.08. The summed E-state index contributed by atoms with van der Waals surface area (Å²) in [5.41, 5.74) is 2.63. The van der Waals surface area contributed by atoms with Crippen molar-refractivity contribution in [3.63, 3.8) is 0 Å². The van der Waals surface area contributed by atoms with Crippen molar-refractivity contribution in [2.45, 2.75) is 6.54 Å². The van der Waals surface area contributed by atoms with Gasteiger partial charge in [-0.05, 0) is 29.8 Å². The molecule has 0 radical (unpaired) electrons. The van der Waals surface area contributed by atoms with Gasteiger partial charge in [0, 0.05) is 10.7 Å². The normalized spacial score (nSPS) is 12.7. The monoisotopic (exact) mass is 283 g/mol. The summed E-state index contributed by atoms with van der Waals surface area (Å²) in [6.07, 6.45) is 0. The molecule has 0 saturated heterocycles. The maximum atomic E-state index is 12.5. The van der Waals surface area contributed by atoms with Gasteiger partial charge in [-0.25, -0.2) is 4.98 Å². The molecule has 0 saturated carbocycles. The first kappa shape index (κ1) is 11.5. The van der Waals surface area contributed by atoms with Gasteiger partial charge in [0.1, 0.15) is 0 Å². The molecule has 0 bridgehead atoms. The standard InChI is InChI=1S/C15H10ClN3O/c16-10-5-6-11-13(7-10)18-15-17-12-4-2-1-3-9(12)8-19(15)14(11)20/h1-7H,8H2,(H,17,18). The molecule has 0 atom stereocenters. The van der Waals surface area contributed by atoms with Crippen LogP contribution in [-0.4, -0.2) is 9.55 Å². The lowest BCUT2D eigenvalue weighted by Gasteiger charge is -2.22. The summed E-state index contributed by atoms with van der Waals surface area (Å²) < 4.78 is 1.65. The first-order valence-corrected chi connectivity index (χ1v) is 6.65. The zero-order valence-corrected chi connectivity index (χ0v) is 11.2. The van der Waals surface area contributed by atoms with E-state index < -0.39 is 0 Å². The summed E-state index contributed by atoms with van der Waals surface area (Å²) in [6.45, 7) is 0.531. The van der Waals surface area contributed by atoms with E-state index in [9.17, 15) is 4.79 Å². The van der Waals surface area contributed by atoms with Gasteiger partial charge in [0.15, 0.2) is 0 Å². The molecule has 2 aromatic carbocycles. The summed E-state index contributed by atoms with van der Waals surface area (Å²) in [5.74, 6) is 0.559. The number of aromatic nitrogens is 2. The average molecular weight is 284 g/mol. The fourth-order valence-corrected chi connectivity index (χ4v) is 2.67. The number of rotatable bonds is 0. The van der Waals surface area contributed by atoms with Crippen LogP contribution in [-0.2, 0) is 6.54 Å². The van der Waals surface area contributed by atoms with Gasteiger partial charge in [0.2, 0.25) is 5.95 Å². The smallest absolute Gasteiger partial charge is 0.263 e. The summed E-state index contributed by atoms with van der Waals surface area (Å²) in [4.78, 5) is 17.0. The molecule has 0 aliphatic carbocycles. The molecule has 0 amide bonds. The number of hydrogen-bond acceptors (Lipinski definition) is 3. The highest BCUT2D eigenvalue weighted by molar-refractivity contribution is 6.31. The molecule has 0 spiro atoms. The zero-order chi connectivity index (χ0) is 13.7. The van der Waals surface area contributed by atoms with Crippen LogP contribution in [0.2, 0.25) is 5.02 Å². The van der Waals surface area contributed by atoms with E-state index in [2.05, 4.69) is 10.3 Å². The highest BCUT2D eigenvalue weighted by Crippen LogP contribution is 2.27. The molecule has 98 valence electrons. The van der Waals surface area contributed by atoms with Gasteiger partial charge in [-0.2, -0.15) is 0 Å². The van der Waals surface area contributed by atoms with Crippen molar-refractivity contribution in [3.05, 3.63) is 63.4 Å². The van der Waals surface area contributed by atoms with Crippen molar-refractivity contribution in [2.24, 2.45) is 0 Å². The molecule has 0 unspecified atom stereocenters. The first-order chi connectivity index (χ1) is 9.72. The number of anilines is 2. The predicted molar refractivity (Wildman–Crippen MR) is 79.8 cm³/mol. The average Bonchev–Trinajstić information content (AvgIpc) is 2.45. The second-order valence-electron chi connectivity index (χ2n) is 4.77. The Morgan fingerprint density at radius 1 is 1.20 bits per heavy atom. The van der Waals surface area contributed by atoms with Gasteiger partial charge in [-0.1, -0.05) is 29.8 Å². The molecule has 1 aliphatic rings. The minimum Gasteiger partial charge on any atom is -0.325 e. The summed E-state index contributed by atoms with van der Waals surface area (Å²) in [5, 5.41) is 4.36. The number of nitrogens with one attached hydrogen (secondary N) is 1. The minimum absolute atomic E-state index is 0.0522. The molecule has 5 heteroatoms. The van der Waals surface area contributed by atoms with Crippen LogP contribution in [0.3, 0.4) is 0 Å². The zero-order valence-electron chi connectivity index (χ0n) is 10.4. The fourth-order valence-electron chi connectivity index (χ4n) is 2.51. The van der Waals surface area contributed by atoms with E-state index in [4.69, 9.17) is 11.6 Å². The third kappa shape index (κ3) is 1.62. The number of halogens is 1. The molecule has 3 aromatic rings. The Morgan fingerprint density at radius 3 is 2.95 bits per heavy atom. The molecule has 4 nitrogen and oxygen atoms in total. The summed E-state index contributed by atoms with van der Waals surface area (Å²) in [7, 11) is 0. The van der Waals surface area contributed by atoms with Crippen LogP contribution in [0.15, 0.2) is 47.3 Å². The maximum absolute atomic E-state index is 12.5. The third-order valence-corrected chi connectivity index (χ3v) is 3.74. The van der Waals surface area contributed by atoms with Crippen LogP contribution in [0.5, 0.6) is 0 Å². The Labute approximate surface area is 119 Å². The number of hydrogen-bond donors (Lipinski definition) is 1. The highest BCUT2D eigenvalue weighted by atomic mass is 35.5. The van der Waals surface area contributed by atoms with E-state index in [1.54, 1.807) is 22.8 Å². The Bertz CT molecular complexity index is 901. The summed E-state index contributed by atoms with van der Waals surface area (Å²) >= 11 is 5.97.